The van der Waals surface area contributed by atoms with Crippen LogP contribution in [0.4, 0.5) is 0 Å². The molecule has 1 rings (SSSR count). The monoisotopic (exact) mass is 307 g/mol. The number of sulfonamides is 1. The van der Waals surface area contributed by atoms with E-state index in [4.69, 9.17) is 5.11 Å². The predicted molar refractivity (Wildman–Crippen MR) is 72.0 cm³/mol. The second kappa shape index (κ2) is 5.58. The number of aliphatic hydroxyl groups is 1. The zero-order chi connectivity index (χ0) is 14.8. The lowest BCUT2D eigenvalue weighted by Gasteiger charge is -2.26. The normalized spacial score (nSPS) is 12.9. The fourth-order valence-electron chi connectivity index (χ4n) is 1.51. The van der Waals surface area contributed by atoms with Crippen LogP contribution >= 0.6 is 11.3 Å². The Hall–Kier alpha value is -0.960. The summed E-state index contributed by atoms with van der Waals surface area (Å²) in [5.74, 6) is -1.16. The van der Waals surface area contributed by atoms with E-state index >= 15 is 0 Å². The fourth-order valence-corrected chi connectivity index (χ4v) is 4.22. The third kappa shape index (κ3) is 4.00. The van der Waals surface area contributed by atoms with Gasteiger partial charge in [-0.3, -0.25) is 0 Å². The highest BCUT2D eigenvalue weighted by molar-refractivity contribution is 7.89. The van der Waals surface area contributed by atoms with E-state index in [2.05, 4.69) is 0 Å². The van der Waals surface area contributed by atoms with Gasteiger partial charge in [0.2, 0.25) is 10.0 Å². The van der Waals surface area contributed by atoms with Crippen LogP contribution in [0.1, 0.15) is 30.4 Å². The van der Waals surface area contributed by atoms with Gasteiger partial charge in [0.05, 0.1) is 10.5 Å². The van der Waals surface area contributed by atoms with Gasteiger partial charge in [-0.1, -0.05) is 6.92 Å². The molecule has 0 amide bonds. The molecule has 0 bridgehead atoms. The first-order valence-corrected chi connectivity index (χ1v) is 7.94. The maximum atomic E-state index is 12.3. The van der Waals surface area contributed by atoms with E-state index in [-0.39, 0.29) is 22.9 Å². The molecule has 0 fully saturated rings. The number of rotatable bonds is 6. The van der Waals surface area contributed by atoms with Crippen molar-refractivity contribution in [1.82, 2.24) is 4.31 Å². The molecule has 0 aliphatic heterocycles. The minimum absolute atomic E-state index is 0.0297. The average molecular weight is 307 g/mol. The molecule has 0 unspecified atom stereocenters. The van der Waals surface area contributed by atoms with Gasteiger partial charge < -0.3 is 10.2 Å². The summed E-state index contributed by atoms with van der Waals surface area (Å²) in [4.78, 5) is 10.7. The first-order chi connectivity index (χ1) is 8.58. The highest BCUT2D eigenvalue weighted by Gasteiger charge is 2.29. The van der Waals surface area contributed by atoms with E-state index in [1.807, 2.05) is 0 Å². The van der Waals surface area contributed by atoms with Crippen LogP contribution in [0.25, 0.3) is 0 Å². The summed E-state index contributed by atoms with van der Waals surface area (Å²) in [6.45, 7) is 4.84. The first-order valence-electron chi connectivity index (χ1n) is 5.62. The van der Waals surface area contributed by atoms with Crippen molar-refractivity contribution in [3.63, 3.8) is 0 Å². The average Bonchev–Trinajstić information content (AvgIpc) is 2.74. The minimum Gasteiger partial charge on any atom is -0.477 e. The Labute approximate surface area is 116 Å². The molecule has 0 saturated carbocycles. The van der Waals surface area contributed by atoms with Gasteiger partial charge in [0.15, 0.2) is 0 Å². The summed E-state index contributed by atoms with van der Waals surface area (Å²) in [5, 5.41) is 19.8. The van der Waals surface area contributed by atoms with Crippen molar-refractivity contribution in [1.29, 1.82) is 0 Å². The van der Waals surface area contributed by atoms with Crippen molar-refractivity contribution in [3.8, 4) is 0 Å². The Kier molecular flexibility index (Phi) is 4.72. The van der Waals surface area contributed by atoms with E-state index in [1.165, 1.54) is 19.2 Å². The molecular formula is C11H17NO5S2. The Morgan fingerprint density at radius 3 is 2.42 bits per heavy atom. The van der Waals surface area contributed by atoms with Crippen LogP contribution in [0, 0.1) is 0 Å². The molecule has 0 radical (unpaired) electrons. The van der Waals surface area contributed by atoms with Gasteiger partial charge in [-0.25, -0.2) is 13.2 Å². The van der Waals surface area contributed by atoms with E-state index in [0.29, 0.717) is 0 Å². The van der Waals surface area contributed by atoms with Crippen LogP contribution in [0.3, 0.4) is 0 Å². The number of hydrogen-bond donors (Lipinski definition) is 2. The molecule has 0 aromatic carbocycles. The predicted octanol–water partition coefficient (Wildman–Crippen LogP) is 1.23. The second-order valence-corrected chi connectivity index (χ2v) is 7.54. The van der Waals surface area contributed by atoms with Gasteiger partial charge in [0, 0.05) is 18.5 Å². The van der Waals surface area contributed by atoms with Crippen LogP contribution in [-0.2, 0) is 10.0 Å². The molecule has 1 heterocycles. The maximum Gasteiger partial charge on any atom is 0.345 e. The Bertz CT molecular complexity index is 556. The van der Waals surface area contributed by atoms with Crippen LogP contribution in [-0.4, -0.2) is 47.6 Å². The lowest BCUT2D eigenvalue weighted by molar-refractivity contribution is 0.0600. The molecule has 8 heteroatoms. The SMILES string of the molecule is CCN(CC(C)(C)O)S(=O)(=O)c1csc(C(=O)O)c1. The van der Waals surface area contributed by atoms with E-state index in [9.17, 15) is 18.3 Å². The summed E-state index contributed by atoms with van der Waals surface area (Å²) in [7, 11) is -3.78. The Balaban J connectivity index is 3.10. The van der Waals surface area contributed by atoms with E-state index < -0.39 is 21.6 Å². The molecule has 19 heavy (non-hydrogen) atoms. The fraction of sp³-hybridized carbons (Fsp3) is 0.545. The van der Waals surface area contributed by atoms with Crippen molar-refractivity contribution < 1.29 is 23.4 Å². The summed E-state index contributed by atoms with van der Waals surface area (Å²) < 4.78 is 25.7. The van der Waals surface area contributed by atoms with Crippen molar-refractivity contribution in [2.45, 2.75) is 31.3 Å². The van der Waals surface area contributed by atoms with Gasteiger partial charge in [-0.05, 0) is 19.9 Å². The first kappa shape index (κ1) is 16.1. The van der Waals surface area contributed by atoms with Gasteiger partial charge >= 0.3 is 5.97 Å². The molecule has 0 saturated heterocycles. The molecule has 1 aromatic heterocycles. The smallest absolute Gasteiger partial charge is 0.345 e. The summed E-state index contributed by atoms with van der Waals surface area (Å²) in [6, 6.07) is 1.13. The van der Waals surface area contributed by atoms with Crippen molar-refractivity contribution in [3.05, 3.63) is 16.3 Å². The lowest BCUT2D eigenvalue weighted by Crippen LogP contribution is -2.41. The Morgan fingerprint density at radius 1 is 1.47 bits per heavy atom. The molecule has 0 aliphatic rings. The number of nitrogens with zero attached hydrogens (tertiary/aromatic N) is 1. The van der Waals surface area contributed by atoms with Gasteiger partial charge in [0.1, 0.15) is 4.88 Å². The largest absolute Gasteiger partial charge is 0.477 e. The molecule has 0 atom stereocenters. The summed E-state index contributed by atoms with van der Waals surface area (Å²) in [6.07, 6.45) is 0. The van der Waals surface area contributed by atoms with Crippen molar-refractivity contribution in [2.75, 3.05) is 13.1 Å². The third-order valence-electron chi connectivity index (χ3n) is 2.34. The number of aromatic carboxylic acids is 1. The maximum absolute atomic E-state index is 12.3. The van der Waals surface area contributed by atoms with Gasteiger partial charge in [0.25, 0.3) is 0 Å². The zero-order valence-corrected chi connectivity index (χ0v) is 12.6. The van der Waals surface area contributed by atoms with Crippen LogP contribution in [0.2, 0.25) is 0 Å². The van der Waals surface area contributed by atoms with Crippen molar-refractivity contribution >= 4 is 27.3 Å². The molecule has 0 spiro atoms. The molecule has 6 nitrogen and oxygen atoms in total. The number of hydrogen-bond acceptors (Lipinski definition) is 5. The topological polar surface area (TPSA) is 94.9 Å². The van der Waals surface area contributed by atoms with E-state index in [0.717, 1.165) is 21.7 Å². The van der Waals surface area contributed by atoms with Crippen molar-refractivity contribution in [2.24, 2.45) is 0 Å². The standard InChI is InChI=1S/C11H17NO5S2/c1-4-12(7-11(2,3)15)19(16,17)8-5-9(10(13)14)18-6-8/h5-6,15H,4,7H2,1-3H3,(H,13,14). The van der Waals surface area contributed by atoms with Crippen LogP contribution in [0.15, 0.2) is 16.3 Å². The number of likely N-dealkylation sites (N-methyl/N-ethyl adjacent to an activating group) is 1. The van der Waals surface area contributed by atoms with Crippen LogP contribution < -0.4 is 0 Å². The zero-order valence-electron chi connectivity index (χ0n) is 11.0. The molecule has 0 aliphatic carbocycles. The quantitative estimate of drug-likeness (QED) is 0.824. The molecule has 108 valence electrons. The van der Waals surface area contributed by atoms with Gasteiger partial charge in [-0.15, -0.1) is 11.3 Å². The Morgan fingerprint density at radius 2 is 2.05 bits per heavy atom. The second-order valence-electron chi connectivity index (χ2n) is 4.70. The molecule has 1 aromatic rings. The number of carboxylic acid groups (broad SMARTS) is 1. The third-order valence-corrected chi connectivity index (χ3v) is 5.31. The number of thiophene rings is 1. The van der Waals surface area contributed by atoms with Gasteiger partial charge in [-0.2, -0.15) is 4.31 Å². The summed E-state index contributed by atoms with van der Waals surface area (Å²) in [5.41, 5.74) is -1.16. The van der Waals surface area contributed by atoms with E-state index in [1.54, 1.807) is 6.92 Å². The molecule has 2 N–H and O–H groups in total. The molecular weight excluding hydrogens is 290 g/mol. The lowest BCUT2D eigenvalue weighted by atomic mass is 10.1. The van der Waals surface area contributed by atoms with Crippen LogP contribution in [0.5, 0.6) is 0 Å². The summed E-state index contributed by atoms with van der Waals surface area (Å²) >= 11 is 0.863. The number of carboxylic acids is 1. The highest BCUT2D eigenvalue weighted by atomic mass is 32.2. The minimum atomic E-state index is -3.78. The highest BCUT2D eigenvalue weighted by Crippen LogP contribution is 2.23. The number of carbonyl (C=O) groups is 1.